The highest BCUT2D eigenvalue weighted by Gasteiger charge is 2.42. The standard InChI is InChI=1S/C39H47N3O3S/c1-38(34-16-4-2-5-17-34,41-46(44,45)36-21-20-32-14-8-9-15-33(32)29-36)30-37(43)40-26-12-13-31-22-24-39(25-23-31,42-27-10-11-28-42)35-18-6-3-7-19-35/h2-9,14-21,29,31,41H,10-13,22-28,30H2,1H3,(H,40,43). The summed E-state index contributed by atoms with van der Waals surface area (Å²) in [5, 5.41) is 4.93. The van der Waals surface area contributed by atoms with Gasteiger partial charge in [0.25, 0.3) is 0 Å². The second kappa shape index (κ2) is 14.1. The lowest BCUT2D eigenvalue weighted by Gasteiger charge is -2.47. The Morgan fingerprint density at radius 2 is 1.48 bits per heavy atom. The Hall–Kier alpha value is -3.52. The van der Waals surface area contributed by atoms with Gasteiger partial charge in [-0.25, -0.2) is 13.1 Å². The van der Waals surface area contributed by atoms with E-state index in [1.54, 1.807) is 19.1 Å². The molecule has 6 nitrogen and oxygen atoms in total. The second-order valence-corrected chi connectivity index (χ2v) is 15.2. The number of hydrogen-bond acceptors (Lipinski definition) is 4. The van der Waals surface area contributed by atoms with Crippen LogP contribution in [-0.2, 0) is 25.9 Å². The van der Waals surface area contributed by atoms with E-state index >= 15 is 0 Å². The van der Waals surface area contributed by atoms with Gasteiger partial charge in [-0.3, -0.25) is 9.69 Å². The first kappa shape index (κ1) is 32.4. The van der Waals surface area contributed by atoms with E-state index in [-0.39, 0.29) is 22.8 Å². The van der Waals surface area contributed by atoms with E-state index in [0.29, 0.717) is 12.5 Å². The zero-order chi connectivity index (χ0) is 32.0. The smallest absolute Gasteiger partial charge is 0.241 e. The molecule has 2 fully saturated rings. The van der Waals surface area contributed by atoms with Gasteiger partial charge in [-0.05, 0) is 111 Å². The van der Waals surface area contributed by atoms with E-state index in [1.165, 1.54) is 57.2 Å². The van der Waals surface area contributed by atoms with Gasteiger partial charge in [0.2, 0.25) is 15.9 Å². The minimum atomic E-state index is -3.91. The van der Waals surface area contributed by atoms with Crippen molar-refractivity contribution >= 4 is 26.7 Å². The largest absolute Gasteiger partial charge is 0.356 e. The number of likely N-dealkylation sites (tertiary alicyclic amines) is 1. The van der Waals surface area contributed by atoms with Crippen LogP contribution in [0.5, 0.6) is 0 Å². The molecule has 1 saturated carbocycles. The zero-order valence-corrected chi connectivity index (χ0v) is 27.8. The van der Waals surface area contributed by atoms with Crippen LogP contribution in [0, 0.1) is 5.92 Å². The van der Waals surface area contributed by atoms with Gasteiger partial charge in [-0.1, -0.05) is 91.0 Å². The molecular weight excluding hydrogens is 591 g/mol. The summed E-state index contributed by atoms with van der Waals surface area (Å²) in [6.07, 6.45) is 9.42. The molecule has 1 amide bonds. The maximum Gasteiger partial charge on any atom is 0.241 e. The molecule has 1 aliphatic heterocycles. The molecule has 4 aromatic rings. The molecule has 1 aliphatic carbocycles. The number of sulfonamides is 1. The van der Waals surface area contributed by atoms with Crippen molar-refractivity contribution in [3.05, 3.63) is 114 Å². The first-order valence-electron chi connectivity index (χ1n) is 16.9. The van der Waals surface area contributed by atoms with Gasteiger partial charge >= 0.3 is 0 Å². The Morgan fingerprint density at radius 3 is 2.17 bits per heavy atom. The summed E-state index contributed by atoms with van der Waals surface area (Å²) in [7, 11) is -3.91. The van der Waals surface area contributed by atoms with Crippen molar-refractivity contribution in [2.45, 2.75) is 80.7 Å². The Labute approximate surface area is 274 Å². The van der Waals surface area contributed by atoms with Crippen LogP contribution in [0.2, 0.25) is 0 Å². The average molecular weight is 638 g/mol. The molecule has 1 saturated heterocycles. The summed E-state index contributed by atoms with van der Waals surface area (Å²) in [6, 6.07) is 33.3. The number of rotatable bonds is 12. The van der Waals surface area contributed by atoms with Crippen LogP contribution in [-0.4, -0.2) is 38.9 Å². The van der Waals surface area contributed by atoms with E-state index in [1.807, 2.05) is 60.7 Å². The zero-order valence-electron chi connectivity index (χ0n) is 27.0. The summed E-state index contributed by atoms with van der Waals surface area (Å²) in [6.45, 7) is 4.79. The quantitative estimate of drug-likeness (QED) is 0.158. The Balaban J connectivity index is 1.05. The van der Waals surface area contributed by atoms with Crippen molar-refractivity contribution < 1.29 is 13.2 Å². The Kier molecular flexibility index (Phi) is 9.92. The first-order valence-corrected chi connectivity index (χ1v) is 18.4. The molecule has 1 atom stereocenters. The first-order chi connectivity index (χ1) is 22.3. The fourth-order valence-electron chi connectivity index (χ4n) is 7.82. The molecule has 1 heterocycles. The van der Waals surface area contributed by atoms with Crippen molar-refractivity contribution in [3.8, 4) is 0 Å². The molecule has 2 N–H and O–H groups in total. The van der Waals surface area contributed by atoms with Crippen LogP contribution in [0.3, 0.4) is 0 Å². The summed E-state index contributed by atoms with van der Waals surface area (Å²) >= 11 is 0. The second-order valence-electron chi connectivity index (χ2n) is 13.5. The number of carbonyl (C=O) groups is 1. The van der Waals surface area contributed by atoms with E-state index in [0.717, 1.165) is 29.2 Å². The third-order valence-corrected chi connectivity index (χ3v) is 12.0. The topological polar surface area (TPSA) is 78.5 Å². The Bertz CT molecular complexity index is 1710. The van der Waals surface area contributed by atoms with E-state index in [9.17, 15) is 13.2 Å². The van der Waals surface area contributed by atoms with Gasteiger partial charge in [0, 0.05) is 18.5 Å². The lowest BCUT2D eigenvalue weighted by atomic mass is 9.70. The highest BCUT2D eigenvalue weighted by atomic mass is 32.2. The van der Waals surface area contributed by atoms with Crippen molar-refractivity contribution in [3.63, 3.8) is 0 Å². The van der Waals surface area contributed by atoms with Gasteiger partial charge < -0.3 is 5.32 Å². The van der Waals surface area contributed by atoms with Gasteiger partial charge in [0.15, 0.2) is 0 Å². The van der Waals surface area contributed by atoms with E-state index in [4.69, 9.17) is 0 Å². The van der Waals surface area contributed by atoms with Crippen molar-refractivity contribution in [1.29, 1.82) is 0 Å². The number of carbonyl (C=O) groups excluding carboxylic acids is 1. The van der Waals surface area contributed by atoms with E-state index in [2.05, 4.69) is 45.3 Å². The minimum absolute atomic E-state index is 0.00266. The molecule has 1 unspecified atom stereocenters. The fraction of sp³-hybridized carbons (Fsp3) is 0.410. The number of amides is 1. The number of nitrogens with one attached hydrogen (secondary N) is 2. The molecule has 46 heavy (non-hydrogen) atoms. The van der Waals surface area contributed by atoms with Gasteiger partial charge in [-0.15, -0.1) is 0 Å². The summed E-state index contributed by atoms with van der Waals surface area (Å²) in [4.78, 5) is 16.2. The monoisotopic (exact) mass is 637 g/mol. The Morgan fingerprint density at radius 1 is 0.848 bits per heavy atom. The van der Waals surface area contributed by atoms with Crippen LogP contribution < -0.4 is 10.0 Å². The molecule has 0 bridgehead atoms. The van der Waals surface area contributed by atoms with Gasteiger partial charge in [0.1, 0.15) is 0 Å². The summed E-state index contributed by atoms with van der Waals surface area (Å²) in [5.41, 5.74) is 1.28. The summed E-state index contributed by atoms with van der Waals surface area (Å²) in [5.74, 6) is 0.507. The number of fused-ring (bicyclic) bond motifs is 1. The maximum atomic E-state index is 13.7. The van der Waals surface area contributed by atoms with Crippen LogP contribution in [0.15, 0.2) is 108 Å². The van der Waals surface area contributed by atoms with Gasteiger partial charge in [-0.2, -0.15) is 0 Å². The average Bonchev–Trinajstić information content (AvgIpc) is 3.63. The molecule has 7 heteroatoms. The predicted octanol–water partition coefficient (Wildman–Crippen LogP) is 7.50. The molecule has 4 aromatic carbocycles. The van der Waals surface area contributed by atoms with Crippen LogP contribution in [0.25, 0.3) is 10.8 Å². The molecular formula is C39H47N3O3S. The normalized spacial score (nSPS) is 22.0. The fourth-order valence-corrected chi connectivity index (χ4v) is 9.25. The highest BCUT2D eigenvalue weighted by molar-refractivity contribution is 7.89. The van der Waals surface area contributed by atoms with Crippen LogP contribution in [0.1, 0.15) is 75.8 Å². The summed E-state index contributed by atoms with van der Waals surface area (Å²) < 4.78 is 30.2. The molecule has 0 spiro atoms. The molecule has 2 aliphatic rings. The SMILES string of the molecule is CC(CC(=O)NCCCC1CCC(c2ccccc2)(N2CCCC2)CC1)(NS(=O)(=O)c1ccc2ccccc2c1)c1ccccc1. The predicted molar refractivity (Wildman–Crippen MR) is 186 cm³/mol. The molecule has 0 radical (unpaired) electrons. The third-order valence-electron chi connectivity index (χ3n) is 10.4. The maximum absolute atomic E-state index is 13.7. The van der Waals surface area contributed by atoms with Crippen molar-refractivity contribution in [2.24, 2.45) is 5.92 Å². The number of benzene rings is 4. The van der Waals surface area contributed by atoms with Gasteiger partial charge in [0.05, 0.1) is 10.4 Å². The van der Waals surface area contributed by atoms with Crippen molar-refractivity contribution in [2.75, 3.05) is 19.6 Å². The lowest BCUT2D eigenvalue weighted by molar-refractivity contribution is -0.122. The highest BCUT2D eigenvalue weighted by Crippen LogP contribution is 2.46. The van der Waals surface area contributed by atoms with Crippen LogP contribution >= 0.6 is 0 Å². The number of hydrogen-bond donors (Lipinski definition) is 2. The lowest BCUT2D eigenvalue weighted by Crippen LogP contribution is -2.47. The molecule has 242 valence electrons. The number of nitrogens with zero attached hydrogens (tertiary/aromatic N) is 1. The minimum Gasteiger partial charge on any atom is -0.356 e. The third kappa shape index (κ3) is 7.22. The molecule has 0 aromatic heterocycles. The molecule has 6 rings (SSSR count). The van der Waals surface area contributed by atoms with E-state index < -0.39 is 15.6 Å². The van der Waals surface area contributed by atoms with Crippen molar-refractivity contribution in [1.82, 2.24) is 14.9 Å². The van der Waals surface area contributed by atoms with Crippen LogP contribution in [0.4, 0.5) is 0 Å².